The zero-order chi connectivity index (χ0) is 18.8. The number of ether oxygens (including phenoxy) is 2. The molecule has 0 spiro atoms. The van der Waals surface area contributed by atoms with E-state index in [2.05, 4.69) is 5.32 Å². The third kappa shape index (κ3) is 3.10. The van der Waals surface area contributed by atoms with Gasteiger partial charge in [-0.25, -0.2) is 4.79 Å². The first-order valence-corrected chi connectivity index (χ1v) is 8.68. The Kier molecular flexibility index (Phi) is 4.46. The van der Waals surface area contributed by atoms with Crippen molar-refractivity contribution >= 4 is 33.6 Å². The molecular weight excluding hydrogens is 346 g/mol. The summed E-state index contributed by atoms with van der Waals surface area (Å²) in [7, 11) is 1.62. The highest BCUT2D eigenvalue weighted by atomic mass is 16.5. The van der Waals surface area contributed by atoms with Gasteiger partial charge in [0.15, 0.2) is 0 Å². The maximum atomic E-state index is 12.0. The number of methoxy groups -OCH3 is 1. The molecule has 0 fully saturated rings. The Labute approximate surface area is 155 Å². The number of esters is 1. The van der Waals surface area contributed by atoms with Gasteiger partial charge in [0, 0.05) is 16.8 Å². The van der Waals surface area contributed by atoms with Gasteiger partial charge in [0.25, 0.3) is 0 Å². The summed E-state index contributed by atoms with van der Waals surface area (Å²) >= 11 is 0. The maximum absolute atomic E-state index is 12.0. The number of fused-ring (bicyclic) bond motifs is 3. The number of para-hydroxylation sites is 1. The molecule has 0 unspecified atom stereocenters. The molecule has 1 N–H and O–H groups in total. The molecule has 2 aromatic carbocycles. The Morgan fingerprint density at radius 3 is 2.78 bits per heavy atom. The molecule has 2 aromatic heterocycles. The van der Waals surface area contributed by atoms with Gasteiger partial charge in [0.05, 0.1) is 32.2 Å². The third-order valence-electron chi connectivity index (χ3n) is 4.38. The van der Waals surface area contributed by atoms with Crippen LogP contribution in [0.15, 0.2) is 57.6 Å². The zero-order valence-electron chi connectivity index (χ0n) is 15.1. The van der Waals surface area contributed by atoms with Crippen LogP contribution in [0.5, 0.6) is 5.75 Å². The summed E-state index contributed by atoms with van der Waals surface area (Å²) in [6.45, 7) is 2.39. The van der Waals surface area contributed by atoms with Crippen LogP contribution >= 0.6 is 0 Å². The van der Waals surface area contributed by atoms with E-state index >= 15 is 0 Å². The third-order valence-corrected chi connectivity index (χ3v) is 4.38. The van der Waals surface area contributed by atoms with Crippen molar-refractivity contribution in [1.29, 1.82) is 0 Å². The average molecular weight is 365 g/mol. The smallest absolute Gasteiger partial charge is 0.341 e. The molecule has 0 aliphatic heterocycles. The lowest BCUT2D eigenvalue weighted by molar-refractivity contribution is 0.0524. The Morgan fingerprint density at radius 1 is 1.11 bits per heavy atom. The first-order valence-electron chi connectivity index (χ1n) is 8.68. The number of anilines is 1. The molecule has 6 heteroatoms. The number of furan rings is 2. The quantitative estimate of drug-likeness (QED) is 0.486. The molecule has 27 heavy (non-hydrogen) atoms. The average Bonchev–Trinajstić information content (AvgIpc) is 3.29. The molecule has 0 aliphatic rings. The van der Waals surface area contributed by atoms with Crippen LogP contribution in [0, 0.1) is 0 Å². The molecule has 4 rings (SSSR count). The van der Waals surface area contributed by atoms with Gasteiger partial charge >= 0.3 is 5.97 Å². The van der Waals surface area contributed by atoms with E-state index in [4.69, 9.17) is 18.3 Å². The van der Waals surface area contributed by atoms with E-state index in [0.717, 1.165) is 27.6 Å². The van der Waals surface area contributed by atoms with Crippen molar-refractivity contribution in [2.24, 2.45) is 0 Å². The summed E-state index contributed by atoms with van der Waals surface area (Å²) < 4.78 is 21.9. The number of rotatable bonds is 6. The maximum Gasteiger partial charge on any atom is 0.341 e. The van der Waals surface area contributed by atoms with Crippen molar-refractivity contribution in [3.05, 3.63) is 60.1 Å². The molecule has 0 saturated carbocycles. The van der Waals surface area contributed by atoms with Gasteiger partial charge in [0.1, 0.15) is 28.2 Å². The fraction of sp³-hybridized carbons (Fsp3) is 0.190. The second-order valence-electron chi connectivity index (χ2n) is 5.98. The molecule has 0 aliphatic carbocycles. The van der Waals surface area contributed by atoms with Crippen LogP contribution in [0.2, 0.25) is 0 Å². The van der Waals surface area contributed by atoms with Crippen molar-refractivity contribution < 1.29 is 23.1 Å². The Balaban J connectivity index is 1.65. The number of benzene rings is 2. The Hall–Kier alpha value is -3.41. The largest absolute Gasteiger partial charge is 0.495 e. The predicted octanol–water partition coefficient (Wildman–Crippen LogP) is 4.98. The van der Waals surface area contributed by atoms with Gasteiger partial charge in [-0.1, -0.05) is 18.2 Å². The molecule has 0 amide bonds. The molecule has 6 nitrogen and oxygen atoms in total. The van der Waals surface area contributed by atoms with E-state index < -0.39 is 5.97 Å². The summed E-state index contributed by atoms with van der Waals surface area (Å²) in [6.07, 6.45) is 1.48. The fourth-order valence-electron chi connectivity index (χ4n) is 3.10. The number of hydrogen-bond acceptors (Lipinski definition) is 6. The zero-order valence-corrected chi connectivity index (χ0v) is 15.1. The minimum absolute atomic E-state index is 0.309. The second kappa shape index (κ2) is 7.07. The molecule has 2 heterocycles. The van der Waals surface area contributed by atoms with Crippen LogP contribution in [0.25, 0.3) is 21.9 Å². The molecule has 0 atom stereocenters. The topological polar surface area (TPSA) is 73.8 Å². The van der Waals surface area contributed by atoms with Gasteiger partial charge in [-0.15, -0.1) is 0 Å². The fourth-order valence-corrected chi connectivity index (χ4v) is 3.10. The predicted molar refractivity (Wildman–Crippen MR) is 102 cm³/mol. The van der Waals surface area contributed by atoms with Crippen LogP contribution in [-0.2, 0) is 11.3 Å². The molecular formula is C21H19NO5. The van der Waals surface area contributed by atoms with E-state index in [9.17, 15) is 4.79 Å². The van der Waals surface area contributed by atoms with Crippen molar-refractivity contribution in [2.75, 3.05) is 19.0 Å². The van der Waals surface area contributed by atoms with E-state index in [1.807, 2.05) is 36.4 Å². The summed E-state index contributed by atoms with van der Waals surface area (Å²) in [5.41, 5.74) is 2.73. The molecule has 0 bridgehead atoms. The van der Waals surface area contributed by atoms with Gasteiger partial charge in [-0.3, -0.25) is 0 Å². The molecule has 138 valence electrons. The second-order valence-corrected chi connectivity index (χ2v) is 5.98. The van der Waals surface area contributed by atoms with E-state index in [1.165, 1.54) is 6.26 Å². The highest BCUT2D eigenvalue weighted by Gasteiger charge is 2.17. The SMILES string of the molecule is CCOC(=O)c1ccoc1CNc1cc2oc3ccccc3c2cc1OC. The normalized spacial score (nSPS) is 11.0. The van der Waals surface area contributed by atoms with Crippen molar-refractivity contribution in [3.8, 4) is 5.75 Å². The number of hydrogen-bond donors (Lipinski definition) is 1. The highest BCUT2D eigenvalue weighted by molar-refractivity contribution is 6.06. The van der Waals surface area contributed by atoms with Crippen molar-refractivity contribution in [2.45, 2.75) is 13.5 Å². The van der Waals surface area contributed by atoms with E-state index in [0.29, 0.717) is 30.2 Å². The Bertz CT molecular complexity index is 1110. The first kappa shape index (κ1) is 17.0. The van der Waals surface area contributed by atoms with E-state index in [-0.39, 0.29) is 0 Å². The van der Waals surface area contributed by atoms with Crippen molar-refractivity contribution in [3.63, 3.8) is 0 Å². The minimum Gasteiger partial charge on any atom is -0.495 e. The van der Waals surface area contributed by atoms with Crippen LogP contribution in [-0.4, -0.2) is 19.7 Å². The summed E-state index contributed by atoms with van der Waals surface area (Å²) in [5, 5.41) is 5.27. The van der Waals surface area contributed by atoms with Crippen LogP contribution < -0.4 is 10.1 Å². The monoisotopic (exact) mass is 365 g/mol. The van der Waals surface area contributed by atoms with Crippen LogP contribution in [0.3, 0.4) is 0 Å². The van der Waals surface area contributed by atoms with Crippen molar-refractivity contribution in [1.82, 2.24) is 0 Å². The minimum atomic E-state index is -0.400. The first-order chi connectivity index (χ1) is 13.2. The standard InChI is InChI=1S/C21H19NO5/c1-3-25-21(23)14-8-9-26-20(14)12-22-16-11-18-15(10-19(16)24-2)13-6-4-5-7-17(13)27-18/h4-11,22H,3,12H2,1-2H3. The van der Waals surface area contributed by atoms with E-state index in [1.54, 1.807) is 20.1 Å². The molecule has 4 aromatic rings. The Morgan fingerprint density at radius 2 is 1.96 bits per heavy atom. The number of carbonyl (C=O) groups is 1. The summed E-state index contributed by atoms with van der Waals surface area (Å²) in [5.74, 6) is 0.779. The number of carbonyl (C=O) groups excluding carboxylic acids is 1. The molecule has 0 radical (unpaired) electrons. The highest BCUT2D eigenvalue weighted by Crippen LogP contribution is 2.36. The number of nitrogens with one attached hydrogen (secondary N) is 1. The summed E-state index contributed by atoms with van der Waals surface area (Å²) in [6, 6.07) is 13.3. The van der Waals surface area contributed by atoms with Gasteiger partial charge in [0.2, 0.25) is 0 Å². The van der Waals surface area contributed by atoms with Gasteiger partial charge in [-0.2, -0.15) is 0 Å². The summed E-state index contributed by atoms with van der Waals surface area (Å²) in [4.78, 5) is 12.0. The van der Waals surface area contributed by atoms with Crippen LogP contribution in [0.1, 0.15) is 23.0 Å². The van der Waals surface area contributed by atoms with Gasteiger partial charge in [-0.05, 0) is 25.1 Å². The molecule has 0 saturated heterocycles. The lowest BCUT2D eigenvalue weighted by Gasteiger charge is -2.11. The lowest BCUT2D eigenvalue weighted by atomic mass is 10.1. The van der Waals surface area contributed by atoms with Crippen LogP contribution in [0.4, 0.5) is 5.69 Å². The lowest BCUT2D eigenvalue weighted by Crippen LogP contribution is -2.09. The van der Waals surface area contributed by atoms with Gasteiger partial charge < -0.3 is 23.6 Å².